The van der Waals surface area contributed by atoms with Gasteiger partial charge in [-0.1, -0.05) is 18.2 Å². The van der Waals surface area contributed by atoms with Crippen molar-refractivity contribution < 1.29 is 22.4 Å². The third-order valence-corrected chi connectivity index (χ3v) is 6.25. The second-order valence-corrected chi connectivity index (χ2v) is 9.10. The molecule has 4 aromatic rings. The molecule has 0 aliphatic heterocycles. The second kappa shape index (κ2) is 10.6. The number of sulfonamides is 1. The van der Waals surface area contributed by atoms with Crippen LogP contribution in [0.25, 0.3) is 0 Å². The molecule has 0 saturated carbocycles. The first-order valence-corrected chi connectivity index (χ1v) is 12.0. The number of rotatable bonds is 8. The number of benzene rings is 3. The number of carbonyl (C=O) groups is 2. The monoisotopic (exact) mass is 490 g/mol. The van der Waals surface area contributed by atoms with Crippen LogP contribution < -0.4 is 20.7 Å². The molecule has 178 valence electrons. The van der Waals surface area contributed by atoms with Crippen LogP contribution in [-0.4, -0.2) is 20.4 Å². The summed E-state index contributed by atoms with van der Waals surface area (Å²) in [4.78, 5) is 24.6. The predicted octanol–water partition coefficient (Wildman–Crippen LogP) is 4.65. The van der Waals surface area contributed by atoms with Crippen molar-refractivity contribution >= 4 is 39.0 Å². The van der Waals surface area contributed by atoms with Gasteiger partial charge in [-0.05, 0) is 72.8 Å². The third kappa shape index (κ3) is 6.49. The molecule has 0 radical (unpaired) electrons. The maximum absolute atomic E-state index is 12.6. The van der Waals surface area contributed by atoms with Gasteiger partial charge in [-0.15, -0.1) is 0 Å². The quantitative estimate of drug-likeness (QED) is 0.286. The predicted molar refractivity (Wildman–Crippen MR) is 133 cm³/mol. The van der Waals surface area contributed by atoms with Gasteiger partial charge in [0.1, 0.15) is 5.76 Å². The van der Waals surface area contributed by atoms with Crippen molar-refractivity contribution in [2.45, 2.75) is 11.4 Å². The van der Waals surface area contributed by atoms with Gasteiger partial charge in [0.15, 0.2) is 0 Å². The summed E-state index contributed by atoms with van der Waals surface area (Å²) in [6.45, 7) is 0.259. The van der Waals surface area contributed by atoms with E-state index in [0.717, 1.165) is 0 Å². The largest absolute Gasteiger partial charge is 0.467 e. The molecule has 3 aromatic carbocycles. The van der Waals surface area contributed by atoms with Gasteiger partial charge in [0, 0.05) is 22.6 Å². The Bertz CT molecular complexity index is 1390. The Morgan fingerprint density at radius 1 is 0.714 bits per heavy atom. The number of amides is 3. The first-order valence-electron chi connectivity index (χ1n) is 10.6. The van der Waals surface area contributed by atoms with Crippen LogP contribution in [0.2, 0.25) is 0 Å². The number of carbonyl (C=O) groups excluding carboxylic acids is 2. The Morgan fingerprint density at radius 2 is 1.37 bits per heavy atom. The number of anilines is 3. The smallest absolute Gasteiger partial charge is 0.319 e. The number of para-hydroxylation sites is 1. The zero-order valence-corrected chi connectivity index (χ0v) is 19.2. The molecule has 4 N–H and O–H groups in total. The molecular formula is C25H22N4O5S. The summed E-state index contributed by atoms with van der Waals surface area (Å²) in [6.07, 6.45) is 1.53. The SMILES string of the molecule is O=C(NCc1ccco1)Nc1ccc(NC(=O)c2ccc(S(=O)(=O)Nc3ccccc3)cc2)cc1. The minimum atomic E-state index is -3.77. The van der Waals surface area contributed by atoms with E-state index in [1.807, 2.05) is 0 Å². The topological polar surface area (TPSA) is 130 Å². The number of nitrogens with one attached hydrogen (secondary N) is 4. The van der Waals surface area contributed by atoms with Gasteiger partial charge < -0.3 is 20.4 Å². The van der Waals surface area contributed by atoms with E-state index in [4.69, 9.17) is 4.42 Å². The van der Waals surface area contributed by atoms with E-state index in [1.165, 1.54) is 30.5 Å². The Balaban J connectivity index is 1.31. The van der Waals surface area contributed by atoms with Crippen LogP contribution in [-0.2, 0) is 16.6 Å². The molecule has 0 unspecified atom stereocenters. The normalized spacial score (nSPS) is 10.9. The van der Waals surface area contributed by atoms with Gasteiger partial charge in [0.05, 0.1) is 17.7 Å². The van der Waals surface area contributed by atoms with Crippen molar-refractivity contribution in [3.05, 3.63) is 109 Å². The molecule has 1 aromatic heterocycles. The molecule has 0 bridgehead atoms. The summed E-state index contributed by atoms with van der Waals surface area (Å²) in [5, 5.41) is 8.09. The lowest BCUT2D eigenvalue weighted by Crippen LogP contribution is -2.27. The van der Waals surface area contributed by atoms with E-state index in [-0.39, 0.29) is 11.4 Å². The van der Waals surface area contributed by atoms with Gasteiger partial charge in [-0.25, -0.2) is 13.2 Å². The van der Waals surface area contributed by atoms with Crippen molar-refractivity contribution in [1.29, 1.82) is 0 Å². The molecule has 9 nitrogen and oxygen atoms in total. The summed E-state index contributed by atoms with van der Waals surface area (Å²) >= 11 is 0. The number of urea groups is 1. The van der Waals surface area contributed by atoms with E-state index in [9.17, 15) is 18.0 Å². The van der Waals surface area contributed by atoms with Crippen molar-refractivity contribution in [2.75, 3.05) is 15.4 Å². The van der Waals surface area contributed by atoms with Crippen LogP contribution in [0.4, 0.5) is 21.9 Å². The molecular weight excluding hydrogens is 468 g/mol. The number of furan rings is 1. The summed E-state index contributed by atoms with van der Waals surface area (Å²) in [5.74, 6) is 0.234. The number of hydrogen-bond acceptors (Lipinski definition) is 5. The van der Waals surface area contributed by atoms with Crippen LogP contribution >= 0.6 is 0 Å². The maximum Gasteiger partial charge on any atom is 0.319 e. The van der Waals surface area contributed by atoms with Crippen LogP contribution in [0.1, 0.15) is 16.1 Å². The minimum Gasteiger partial charge on any atom is -0.467 e. The molecule has 0 atom stereocenters. The number of hydrogen-bond donors (Lipinski definition) is 4. The summed E-state index contributed by atoms with van der Waals surface area (Å²) in [6, 6.07) is 23.8. The molecule has 0 saturated heterocycles. The molecule has 0 aliphatic rings. The van der Waals surface area contributed by atoms with E-state index >= 15 is 0 Å². The molecule has 0 aliphatic carbocycles. The zero-order chi connectivity index (χ0) is 24.7. The highest BCUT2D eigenvalue weighted by atomic mass is 32.2. The van der Waals surface area contributed by atoms with Crippen molar-refractivity contribution in [1.82, 2.24) is 5.32 Å². The van der Waals surface area contributed by atoms with E-state index in [2.05, 4.69) is 20.7 Å². The molecule has 35 heavy (non-hydrogen) atoms. The Kier molecular flexibility index (Phi) is 7.12. The van der Waals surface area contributed by atoms with Crippen LogP contribution in [0.3, 0.4) is 0 Å². The van der Waals surface area contributed by atoms with Crippen molar-refractivity contribution in [3.8, 4) is 0 Å². The fourth-order valence-electron chi connectivity index (χ4n) is 3.10. The molecule has 4 rings (SSSR count). The first kappa shape index (κ1) is 23.6. The molecule has 3 amide bonds. The summed E-state index contributed by atoms with van der Waals surface area (Å²) in [5.41, 5.74) is 1.80. The molecule has 0 spiro atoms. The van der Waals surface area contributed by atoms with Gasteiger partial charge in [0.2, 0.25) is 0 Å². The van der Waals surface area contributed by atoms with Gasteiger partial charge >= 0.3 is 6.03 Å². The van der Waals surface area contributed by atoms with E-state index in [0.29, 0.717) is 28.4 Å². The standard InChI is InChI=1S/C25H22N4O5S/c30-24(18-8-14-23(15-9-18)35(32,33)29-21-5-2-1-3-6-21)27-19-10-12-20(13-11-19)28-25(31)26-17-22-7-4-16-34-22/h1-16,29H,17H2,(H,27,30)(H2,26,28,31). The van der Waals surface area contributed by atoms with Crippen LogP contribution in [0.5, 0.6) is 0 Å². The van der Waals surface area contributed by atoms with Gasteiger partial charge in [-0.2, -0.15) is 0 Å². The summed E-state index contributed by atoms with van der Waals surface area (Å²) in [7, 11) is -3.77. The first-order chi connectivity index (χ1) is 16.9. The van der Waals surface area contributed by atoms with E-state index < -0.39 is 22.0 Å². The molecule has 1 heterocycles. The average molecular weight is 491 g/mol. The molecule has 10 heteroatoms. The second-order valence-electron chi connectivity index (χ2n) is 7.41. The third-order valence-electron chi connectivity index (χ3n) is 4.86. The van der Waals surface area contributed by atoms with Gasteiger partial charge in [-0.3, -0.25) is 9.52 Å². The fraction of sp³-hybridized carbons (Fsp3) is 0.0400. The highest BCUT2D eigenvalue weighted by molar-refractivity contribution is 7.92. The fourth-order valence-corrected chi connectivity index (χ4v) is 4.16. The average Bonchev–Trinajstić information content (AvgIpc) is 3.38. The Labute approximate surface area is 202 Å². The lowest BCUT2D eigenvalue weighted by molar-refractivity contribution is 0.102. The summed E-state index contributed by atoms with van der Waals surface area (Å²) < 4.78 is 32.7. The van der Waals surface area contributed by atoms with Crippen LogP contribution in [0.15, 0.2) is 107 Å². The Hall–Kier alpha value is -4.57. The van der Waals surface area contributed by atoms with Crippen LogP contribution in [0, 0.1) is 0 Å². The minimum absolute atomic E-state index is 0.0404. The maximum atomic E-state index is 12.6. The Morgan fingerprint density at radius 3 is 2.00 bits per heavy atom. The zero-order valence-electron chi connectivity index (χ0n) is 18.4. The van der Waals surface area contributed by atoms with Crippen molar-refractivity contribution in [2.24, 2.45) is 0 Å². The van der Waals surface area contributed by atoms with Gasteiger partial charge in [0.25, 0.3) is 15.9 Å². The lowest BCUT2D eigenvalue weighted by atomic mass is 10.2. The van der Waals surface area contributed by atoms with Crippen molar-refractivity contribution in [3.63, 3.8) is 0 Å². The lowest BCUT2D eigenvalue weighted by Gasteiger charge is -2.10. The van der Waals surface area contributed by atoms with E-state index in [1.54, 1.807) is 66.7 Å². The highest BCUT2D eigenvalue weighted by Gasteiger charge is 2.15. The highest BCUT2D eigenvalue weighted by Crippen LogP contribution is 2.18. The molecule has 0 fully saturated rings.